The van der Waals surface area contributed by atoms with Crippen LogP contribution >= 0.6 is 0 Å². The summed E-state index contributed by atoms with van der Waals surface area (Å²) in [5.74, 6) is 0.435. The van der Waals surface area contributed by atoms with Crippen molar-refractivity contribution in [1.29, 1.82) is 0 Å². The third kappa shape index (κ3) is 2.55. The summed E-state index contributed by atoms with van der Waals surface area (Å²) in [5.41, 5.74) is 0. The average molecular weight is 227 g/mol. The lowest BCUT2D eigenvalue weighted by Gasteiger charge is -2.30. The van der Waals surface area contributed by atoms with Gasteiger partial charge in [0.1, 0.15) is 0 Å². The van der Waals surface area contributed by atoms with Crippen LogP contribution in [0.2, 0.25) is 0 Å². The summed E-state index contributed by atoms with van der Waals surface area (Å²) in [4.78, 5) is 11.8. The molecule has 92 valence electrons. The van der Waals surface area contributed by atoms with Crippen molar-refractivity contribution >= 4 is 5.97 Å². The maximum atomic E-state index is 11.8. The van der Waals surface area contributed by atoms with Crippen LogP contribution in [0.25, 0.3) is 0 Å². The fourth-order valence-corrected chi connectivity index (χ4v) is 2.75. The van der Waals surface area contributed by atoms with Crippen LogP contribution in [0.5, 0.6) is 0 Å². The topological polar surface area (TPSA) is 47.6 Å². The van der Waals surface area contributed by atoms with Gasteiger partial charge in [0.05, 0.1) is 18.6 Å². The number of carbonyl (C=O) groups is 1. The van der Waals surface area contributed by atoms with E-state index in [1.165, 1.54) is 0 Å². The molecule has 0 aromatic heterocycles. The summed E-state index contributed by atoms with van der Waals surface area (Å²) in [6.45, 7) is 5.11. The third-order valence-electron chi connectivity index (χ3n) is 3.57. The lowest BCUT2D eigenvalue weighted by atomic mass is 9.85. The Hall–Kier alpha value is -0.610. The van der Waals surface area contributed by atoms with Crippen molar-refractivity contribution in [2.45, 2.75) is 32.3 Å². The molecular weight excluding hydrogens is 206 g/mol. The van der Waals surface area contributed by atoms with Crippen molar-refractivity contribution < 1.29 is 14.3 Å². The van der Waals surface area contributed by atoms with Crippen molar-refractivity contribution in [2.75, 3.05) is 26.3 Å². The fraction of sp³-hybridized carbons (Fsp3) is 0.917. The molecule has 2 aliphatic heterocycles. The molecule has 0 amide bonds. The number of carbonyl (C=O) groups excluding carboxylic acids is 1. The molecule has 16 heavy (non-hydrogen) atoms. The Bertz CT molecular complexity index is 238. The summed E-state index contributed by atoms with van der Waals surface area (Å²) in [6, 6.07) is 0. The van der Waals surface area contributed by atoms with Crippen molar-refractivity contribution in [3.63, 3.8) is 0 Å². The van der Waals surface area contributed by atoms with Crippen LogP contribution in [0.15, 0.2) is 0 Å². The standard InChI is InChI=1S/C12H21NO3/c1-2-15-12(14)10-5-8-16-11(10)9-3-6-13-7-4-9/h9-11,13H,2-8H2,1H3/t10-,11+/m1/s1. The van der Waals surface area contributed by atoms with Gasteiger partial charge in [0.2, 0.25) is 0 Å². The first-order chi connectivity index (χ1) is 7.83. The molecule has 0 aromatic carbocycles. The Morgan fingerprint density at radius 1 is 1.38 bits per heavy atom. The van der Waals surface area contributed by atoms with Crippen LogP contribution in [-0.4, -0.2) is 38.4 Å². The second-order valence-corrected chi connectivity index (χ2v) is 4.57. The molecule has 0 bridgehead atoms. The first-order valence-corrected chi connectivity index (χ1v) is 6.32. The van der Waals surface area contributed by atoms with Gasteiger partial charge in [0, 0.05) is 6.61 Å². The van der Waals surface area contributed by atoms with Gasteiger partial charge in [-0.2, -0.15) is 0 Å². The molecule has 2 rings (SSSR count). The van der Waals surface area contributed by atoms with Crippen LogP contribution in [0.1, 0.15) is 26.2 Å². The van der Waals surface area contributed by atoms with Crippen LogP contribution in [0.3, 0.4) is 0 Å². The molecule has 2 heterocycles. The number of esters is 1. The molecule has 4 nitrogen and oxygen atoms in total. The highest BCUT2D eigenvalue weighted by Crippen LogP contribution is 2.32. The van der Waals surface area contributed by atoms with Gasteiger partial charge in [0.25, 0.3) is 0 Å². The normalized spacial score (nSPS) is 31.6. The van der Waals surface area contributed by atoms with E-state index < -0.39 is 0 Å². The lowest BCUT2D eigenvalue weighted by molar-refractivity contribution is -0.151. The second-order valence-electron chi connectivity index (χ2n) is 4.57. The zero-order valence-electron chi connectivity index (χ0n) is 9.91. The van der Waals surface area contributed by atoms with E-state index in [2.05, 4.69) is 5.32 Å². The van der Waals surface area contributed by atoms with Gasteiger partial charge >= 0.3 is 5.97 Å². The van der Waals surface area contributed by atoms with Crippen LogP contribution < -0.4 is 5.32 Å². The molecule has 0 spiro atoms. The molecule has 0 saturated carbocycles. The molecule has 2 aliphatic rings. The molecule has 0 aliphatic carbocycles. The highest BCUT2D eigenvalue weighted by molar-refractivity contribution is 5.73. The second kappa shape index (κ2) is 5.64. The van der Waals surface area contributed by atoms with Gasteiger partial charge < -0.3 is 14.8 Å². The molecule has 2 saturated heterocycles. The maximum Gasteiger partial charge on any atom is 0.311 e. The van der Waals surface area contributed by atoms with Crippen LogP contribution in [-0.2, 0) is 14.3 Å². The first-order valence-electron chi connectivity index (χ1n) is 6.32. The Kier molecular flexibility index (Phi) is 4.18. The summed E-state index contributed by atoms with van der Waals surface area (Å²) >= 11 is 0. The Labute approximate surface area is 96.7 Å². The van der Waals surface area contributed by atoms with E-state index in [0.717, 1.165) is 32.4 Å². The zero-order chi connectivity index (χ0) is 11.4. The van der Waals surface area contributed by atoms with Crippen molar-refractivity contribution in [1.82, 2.24) is 5.32 Å². The Morgan fingerprint density at radius 2 is 2.12 bits per heavy atom. The van der Waals surface area contributed by atoms with Crippen molar-refractivity contribution in [2.24, 2.45) is 11.8 Å². The number of hydrogen-bond donors (Lipinski definition) is 1. The van der Waals surface area contributed by atoms with Gasteiger partial charge in [-0.25, -0.2) is 0 Å². The van der Waals surface area contributed by atoms with E-state index in [0.29, 0.717) is 19.1 Å². The summed E-state index contributed by atoms with van der Waals surface area (Å²) in [7, 11) is 0. The third-order valence-corrected chi connectivity index (χ3v) is 3.57. The fourth-order valence-electron chi connectivity index (χ4n) is 2.75. The molecule has 0 aromatic rings. The van der Waals surface area contributed by atoms with E-state index in [4.69, 9.17) is 9.47 Å². The van der Waals surface area contributed by atoms with Gasteiger partial charge in [-0.05, 0) is 45.2 Å². The monoisotopic (exact) mass is 227 g/mol. The minimum Gasteiger partial charge on any atom is -0.466 e. The van der Waals surface area contributed by atoms with Crippen molar-refractivity contribution in [3.8, 4) is 0 Å². The van der Waals surface area contributed by atoms with Gasteiger partial charge in [-0.1, -0.05) is 0 Å². The minimum atomic E-state index is -0.0662. The predicted molar refractivity (Wildman–Crippen MR) is 60.1 cm³/mol. The van der Waals surface area contributed by atoms with Gasteiger partial charge in [-0.15, -0.1) is 0 Å². The predicted octanol–water partition coefficient (Wildman–Crippen LogP) is 0.954. The summed E-state index contributed by atoms with van der Waals surface area (Å²) < 4.78 is 10.9. The lowest BCUT2D eigenvalue weighted by Crippen LogP contribution is -2.39. The highest BCUT2D eigenvalue weighted by atomic mass is 16.5. The SMILES string of the molecule is CCOC(=O)[C@@H]1CCO[C@H]1C1CCNCC1. The average Bonchev–Trinajstić information content (AvgIpc) is 2.79. The van der Waals surface area contributed by atoms with Crippen LogP contribution in [0, 0.1) is 11.8 Å². The molecular formula is C12H21NO3. The largest absolute Gasteiger partial charge is 0.466 e. The van der Waals surface area contributed by atoms with Gasteiger partial charge in [0.15, 0.2) is 0 Å². The smallest absolute Gasteiger partial charge is 0.311 e. The molecule has 2 fully saturated rings. The minimum absolute atomic E-state index is 0.0250. The molecule has 1 N–H and O–H groups in total. The van der Waals surface area contributed by atoms with E-state index >= 15 is 0 Å². The summed E-state index contributed by atoms with van der Waals surface area (Å²) in [5, 5.41) is 3.34. The molecule has 4 heteroatoms. The highest BCUT2D eigenvalue weighted by Gasteiger charge is 2.40. The Balaban J connectivity index is 1.93. The Morgan fingerprint density at radius 3 is 2.81 bits per heavy atom. The van der Waals surface area contributed by atoms with E-state index in [9.17, 15) is 4.79 Å². The number of hydrogen-bond acceptors (Lipinski definition) is 4. The van der Waals surface area contributed by atoms with E-state index in [1.54, 1.807) is 0 Å². The number of nitrogens with one attached hydrogen (secondary N) is 1. The summed E-state index contributed by atoms with van der Waals surface area (Å²) in [6.07, 6.45) is 3.15. The van der Waals surface area contributed by atoms with E-state index in [1.807, 2.05) is 6.92 Å². The van der Waals surface area contributed by atoms with E-state index in [-0.39, 0.29) is 18.0 Å². The first kappa shape index (κ1) is 11.9. The number of rotatable bonds is 3. The molecule has 2 atom stereocenters. The van der Waals surface area contributed by atoms with Gasteiger partial charge in [-0.3, -0.25) is 4.79 Å². The molecule has 0 unspecified atom stereocenters. The quantitative estimate of drug-likeness (QED) is 0.729. The number of ether oxygens (including phenoxy) is 2. The number of piperidine rings is 1. The van der Waals surface area contributed by atoms with Crippen LogP contribution in [0.4, 0.5) is 0 Å². The zero-order valence-corrected chi connectivity index (χ0v) is 9.91. The van der Waals surface area contributed by atoms with Crippen molar-refractivity contribution in [3.05, 3.63) is 0 Å². The molecule has 0 radical (unpaired) electrons. The maximum absolute atomic E-state index is 11.8.